The maximum Gasteiger partial charge on any atom is 0.222 e. The fourth-order valence-corrected chi connectivity index (χ4v) is 1.01. The summed E-state index contributed by atoms with van der Waals surface area (Å²) in [5.74, 6) is 0. The van der Waals surface area contributed by atoms with E-state index in [9.17, 15) is 0 Å². The molecule has 0 aliphatic carbocycles. The van der Waals surface area contributed by atoms with Crippen LogP contribution in [0.5, 0.6) is 0 Å². The predicted molar refractivity (Wildman–Crippen MR) is 55.9 cm³/mol. The van der Waals surface area contributed by atoms with Crippen molar-refractivity contribution in [1.82, 2.24) is 0 Å². The van der Waals surface area contributed by atoms with Crippen LogP contribution in [0.15, 0.2) is 12.1 Å². The van der Waals surface area contributed by atoms with Gasteiger partial charge in [-0.3, -0.25) is 0 Å². The van der Waals surface area contributed by atoms with Gasteiger partial charge in [0.15, 0.2) is 7.28 Å². The minimum atomic E-state index is 0.536. The molecule has 0 aromatic heterocycles. The van der Waals surface area contributed by atoms with Crippen molar-refractivity contribution in [3.63, 3.8) is 0 Å². The molecular weight excluding hydrogens is 148 g/mol. The predicted octanol–water partition coefficient (Wildman–Crippen LogP) is -0.276. The van der Waals surface area contributed by atoms with Crippen LogP contribution in [0.3, 0.4) is 0 Å². The highest BCUT2D eigenvalue weighted by Gasteiger charge is 2.02. The number of hydrogen-bond acceptors (Lipinski definition) is 3. The summed E-state index contributed by atoms with van der Waals surface area (Å²) in [6, 6.07) is 3.50. The first-order valence-electron chi connectivity index (χ1n) is 3.64. The van der Waals surface area contributed by atoms with Crippen LogP contribution in [-0.4, -0.2) is 15.3 Å². The fourth-order valence-electron chi connectivity index (χ4n) is 1.01. The van der Waals surface area contributed by atoms with Gasteiger partial charge in [0, 0.05) is 5.69 Å². The number of hydrogen-bond donors (Lipinski definition) is 3. The molecule has 3 nitrogen and oxygen atoms in total. The minimum absolute atomic E-state index is 0.536. The van der Waals surface area contributed by atoms with E-state index in [4.69, 9.17) is 19.4 Å². The summed E-state index contributed by atoms with van der Waals surface area (Å²) in [5.41, 5.74) is 14.0. The van der Waals surface area contributed by atoms with Gasteiger partial charge in [-0.1, -0.05) is 12.3 Å². The van der Waals surface area contributed by atoms with Crippen LogP contribution in [0.25, 0.3) is 0 Å². The molecule has 0 unspecified atom stereocenters. The molecule has 59 valence electrons. The largest absolute Gasteiger partial charge is 0.438 e. The monoisotopic (exact) mass is 158 g/mol. The van der Waals surface area contributed by atoms with E-state index in [1.807, 2.05) is 14.1 Å². The van der Waals surface area contributed by atoms with Crippen molar-refractivity contribution in [2.45, 2.75) is 6.82 Å². The molecule has 0 heterocycles. The van der Waals surface area contributed by atoms with Gasteiger partial charge in [0.05, 0.1) is 11.4 Å². The van der Waals surface area contributed by atoms with E-state index in [0.29, 0.717) is 11.4 Å². The Morgan fingerprint density at radius 2 is 1.92 bits per heavy atom. The highest BCUT2D eigenvalue weighted by atomic mass is 14.8. The summed E-state index contributed by atoms with van der Waals surface area (Å²) in [6.45, 7) is 1.91. The van der Waals surface area contributed by atoms with Crippen molar-refractivity contribution in [3.05, 3.63) is 12.1 Å². The maximum atomic E-state index is 5.61. The van der Waals surface area contributed by atoms with Gasteiger partial charge in [-0.15, -0.1) is 0 Å². The SMILES string of the molecule is [B]Nc1cc(N)c(N)cc1[B]C. The first kappa shape index (κ1) is 8.84. The van der Waals surface area contributed by atoms with Gasteiger partial charge in [0.2, 0.25) is 7.98 Å². The minimum Gasteiger partial charge on any atom is -0.438 e. The van der Waals surface area contributed by atoms with Crippen molar-refractivity contribution in [2.75, 3.05) is 16.7 Å². The van der Waals surface area contributed by atoms with E-state index in [-0.39, 0.29) is 0 Å². The molecule has 0 aliphatic rings. The van der Waals surface area contributed by atoms with Crippen molar-refractivity contribution < 1.29 is 0 Å². The zero-order valence-electron chi connectivity index (χ0n) is 6.96. The van der Waals surface area contributed by atoms with E-state index in [0.717, 1.165) is 11.2 Å². The van der Waals surface area contributed by atoms with Crippen LogP contribution >= 0.6 is 0 Å². The number of benzene rings is 1. The lowest BCUT2D eigenvalue weighted by molar-refractivity contribution is 1.67. The van der Waals surface area contributed by atoms with E-state index in [1.165, 1.54) is 0 Å². The van der Waals surface area contributed by atoms with E-state index in [2.05, 4.69) is 5.23 Å². The second-order valence-corrected chi connectivity index (χ2v) is 2.50. The summed E-state index contributed by atoms with van der Waals surface area (Å²) in [4.78, 5) is 0. The Morgan fingerprint density at radius 3 is 2.42 bits per heavy atom. The van der Waals surface area contributed by atoms with E-state index in [1.54, 1.807) is 12.1 Å². The molecule has 1 rings (SSSR count). The van der Waals surface area contributed by atoms with Crippen LogP contribution in [0, 0.1) is 0 Å². The van der Waals surface area contributed by atoms with Crippen LogP contribution in [-0.2, 0) is 0 Å². The Morgan fingerprint density at radius 1 is 1.33 bits per heavy atom. The normalized spacial score (nSPS) is 9.42. The summed E-state index contributed by atoms with van der Waals surface area (Å²) in [6.07, 6.45) is 0. The number of nitrogens with one attached hydrogen (secondary N) is 1. The third-order valence-electron chi connectivity index (χ3n) is 1.72. The second kappa shape index (κ2) is 3.43. The first-order chi connectivity index (χ1) is 5.69. The zero-order chi connectivity index (χ0) is 9.14. The molecule has 0 aliphatic heterocycles. The van der Waals surface area contributed by atoms with Gasteiger partial charge < -0.3 is 16.7 Å². The van der Waals surface area contributed by atoms with Gasteiger partial charge >= 0.3 is 0 Å². The average Bonchev–Trinajstić information content (AvgIpc) is 2.09. The molecule has 0 fully saturated rings. The Labute approximate surface area is 74.2 Å². The Kier molecular flexibility index (Phi) is 2.53. The summed E-state index contributed by atoms with van der Waals surface area (Å²) in [7, 11) is 7.19. The molecule has 12 heavy (non-hydrogen) atoms. The van der Waals surface area contributed by atoms with Crippen LogP contribution < -0.4 is 22.2 Å². The van der Waals surface area contributed by atoms with Gasteiger partial charge in [0.1, 0.15) is 0 Å². The smallest absolute Gasteiger partial charge is 0.222 e. The number of rotatable bonds is 2. The van der Waals surface area contributed by atoms with E-state index < -0.39 is 0 Å². The molecule has 0 saturated carbocycles. The van der Waals surface area contributed by atoms with Crippen molar-refractivity contribution in [3.8, 4) is 0 Å². The molecule has 1 aromatic rings. The molecule has 3 radical (unpaired) electrons. The number of nitrogens with two attached hydrogens (primary N) is 2. The molecule has 0 atom stereocenters. The molecule has 1 aromatic carbocycles. The molecule has 0 amide bonds. The van der Waals surface area contributed by atoms with Crippen LogP contribution in [0.4, 0.5) is 17.1 Å². The Balaban J connectivity index is 3.19. The Bertz CT molecular complexity index is 259. The lowest BCUT2D eigenvalue weighted by Crippen LogP contribution is -2.18. The van der Waals surface area contributed by atoms with Crippen LogP contribution in [0.2, 0.25) is 6.82 Å². The van der Waals surface area contributed by atoms with Gasteiger partial charge in [-0.25, -0.2) is 0 Å². The molecule has 0 spiro atoms. The second-order valence-electron chi connectivity index (χ2n) is 2.50. The van der Waals surface area contributed by atoms with Crippen LogP contribution in [0.1, 0.15) is 0 Å². The molecular formula is C7H10B2N3. The van der Waals surface area contributed by atoms with Gasteiger partial charge in [-0.2, -0.15) is 0 Å². The quantitative estimate of drug-likeness (QED) is 0.409. The lowest BCUT2D eigenvalue weighted by atomic mass is 9.72. The number of anilines is 3. The topological polar surface area (TPSA) is 64.1 Å². The molecule has 0 bridgehead atoms. The first-order valence-corrected chi connectivity index (χ1v) is 3.64. The average molecular weight is 158 g/mol. The van der Waals surface area contributed by atoms with E-state index >= 15 is 0 Å². The number of nitrogen functional groups attached to an aromatic ring is 2. The summed E-state index contributed by atoms with van der Waals surface area (Å²) < 4.78 is 0. The molecule has 5 N–H and O–H groups in total. The maximum absolute atomic E-state index is 5.61. The highest BCUT2D eigenvalue weighted by molar-refractivity contribution is 6.55. The Hall–Kier alpha value is -1.25. The summed E-state index contributed by atoms with van der Waals surface area (Å²) in [5, 5.41) is 2.55. The van der Waals surface area contributed by atoms with Crippen molar-refractivity contribution in [1.29, 1.82) is 0 Å². The standard InChI is InChI=1S/C7H10B2N3/c1-9-4-2-5(10)6(11)3-7(4)12-8/h2-3,12H,10-11H2,1H3. The van der Waals surface area contributed by atoms with Crippen molar-refractivity contribution in [2.24, 2.45) is 0 Å². The lowest BCUT2D eigenvalue weighted by Gasteiger charge is -2.10. The molecule has 0 saturated heterocycles. The third-order valence-corrected chi connectivity index (χ3v) is 1.72. The zero-order valence-corrected chi connectivity index (χ0v) is 6.96. The van der Waals surface area contributed by atoms with Gasteiger partial charge in [-0.05, 0) is 12.1 Å². The third kappa shape index (κ3) is 1.49. The molecule has 5 heteroatoms. The van der Waals surface area contributed by atoms with Crippen molar-refractivity contribution >= 4 is 37.8 Å². The van der Waals surface area contributed by atoms with Gasteiger partial charge in [0.25, 0.3) is 0 Å². The highest BCUT2D eigenvalue weighted by Crippen LogP contribution is 2.16. The fraction of sp³-hybridized carbons (Fsp3) is 0.143. The summed E-state index contributed by atoms with van der Waals surface area (Å²) >= 11 is 0.